The van der Waals surface area contributed by atoms with E-state index in [4.69, 9.17) is 0 Å². The van der Waals surface area contributed by atoms with Gasteiger partial charge in [-0.25, -0.2) is 14.4 Å². The molecule has 1 aromatic carbocycles. The molecule has 1 unspecified atom stereocenters. The molecule has 0 aliphatic carbocycles. The van der Waals surface area contributed by atoms with Gasteiger partial charge >= 0.3 is 0 Å². The molecule has 0 fully saturated rings. The van der Waals surface area contributed by atoms with Crippen molar-refractivity contribution in [2.24, 2.45) is 0 Å². The largest absolute Gasteiger partial charge is 0.247 e. The predicted molar refractivity (Wildman–Crippen MR) is 136 cm³/mol. The molecule has 3 heteroatoms. The van der Waals surface area contributed by atoms with Gasteiger partial charge in [0.05, 0.1) is 0 Å². The number of hydrogen-bond acceptors (Lipinski definition) is 2. The fourth-order valence-corrected chi connectivity index (χ4v) is 4.18. The van der Waals surface area contributed by atoms with Gasteiger partial charge in [-0.15, -0.1) is 0 Å². The van der Waals surface area contributed by atoms with Gasteiger partial charge in [0.25, 0.3) is 0 Å². The average Bonchev–Trinajstić information content (AvgIpc) is 2.83. The zero-order chi connectivity index (χ0) is 22.9. The molecule has 0 saturated heterocycles. The summed E-state index contributed by atoms with van der Waals surface area (Å²) >= 11 is 0. The predicted octanol–water partition coefficient (Wildman–Crippen LogP) is 9.07. The van der Waals surface area contributed by atoms with Gasteiger partial charge in [0, 0.05) is 18.0 Å². The number of unbranched alkanes of at least 4 members (excludes halogenated alkanes) is 10. The summed E-state index contributed by atoms with van der Waals surface area (Å²) in [4.78, 5) is 9.05. The topological polar surface area (TPSA) is 25.8 Å². The van der Waals surface area contributed by atoms with Crippen LogP contribution in [0.4, 0.5) is 4.39 Å². The van der Waals surface area contributed by atoms with Crippen LogP contribution in [0.5, 0.6) is 0 Å². The van der Waals surface area contributed by atoms with Crippen LogP contribution in [0.1, 0.15) is 115 Å². The molecule has 0 aliphatic rings. The van der Waals surface area contributed by atoms with Gasteiger partial charge in [-0.1, -0.05) is 109 Å². The third-order valence-electron chi connectivity index (χ3n) is 6.35. The summed E-state index contributed by atoms with van der Waals surface area (Å²) in [7, 11) is 0. The van der Waals surface area contributed by atoms with E-state index in [9.17, 15) is 4.39 Å². The summed E-state index contributed by atoms with van der Waals surface area (Å²) in [5.41, 5.74) is 3.47. The number of nitrogens with zero attached hydrogens (tertiary/aromatic N) is 2. The van der Waals surface area contributed by atoms with Crippen LogP contribution in [-0.4, -0.2) is 16.1 Å². The highest BCUT2D eigenvalue weighted by Gasteiger charge is 2.08. The van der Waals surface area contributed by atoms with E-state index < -0.39 is 6.17 Å². The SMILES string of the molecule is CCCCCCCCCCc1ccc(-c2ncc(CCC(F)CCCCCC)cn2)cc1. The van der Waals surface area contributed by atoms with Crippen molar-refractivity contribution in [2.45, 2.75) is 123 Å². The van der Waals surface area contributed by atoms with Crippen molar-refractivity contribution >= 4 is 0 Å². The second-order valence-electron chi connectivity index (χ2n) is 9.32. The van der Waals surface area contributed by atoms with Crippen LogP contribution < -0.4 is 0 Å². The van der Waals surface area contributed by atoms with E-state index >= 15 is 0 Å². The molecule has 178 valence electrons. The van der Waals surface area contributed by atoms with Crippen molar-refractivity contribution in [3.8, 4) is 11.4 Å². The zero-order valence-electron chi connectivity index (χ0n) is 20.6. The zero-order valence-corrected chi connectivity index (χ0v) is 20.6. The van der Waals surface area contributed by atoms with Crippen LogP contribution in [0.15, 0.2) is 36.7 Å². The molecule has 2 aromatic rings. The van der Waals surface area contributed by atoms with E-state index in [1.165, 1.54) is 69.8 Å². The van der Waals surface area contributed by atoms with Crippen molar-refractivity contribution in [3.63, 3.8) is 0 Å². The fraction of sp³-hybridized carbons (Fsp3) is 0.655. The van der Waals surface area contributed by atoms with Gasteiger partial charge in [0.15, 0.2) is 5.82 Å². The molecule has 1 heterocycles. The van der Waals surface area contributed by atoms with Gasteiger partial charge in [0.2, 0.25) is 0 Å². The Morgan fingerprint density at radius 3 is 1.81 bits per heavy atom. The number of rotatable bonds is 18. The Hall–Kier alpha value is -1.77. The number of alkyl halides is 1. The Morgan fingerprint density at radius 2 is 1.19 bits per heavy atom. The molecular formula is C29H45FN2. The van der Waals surface area contributed by atoms with Gasteiger partial charge in [-0.05, 0) is 43.2 Å². The first-order valence-electron chi connectivity index (χ1n) is 13.3. The standard InChI is InChI=1S/C29H45FN2/c1-3-5-7-9-10-11-12-13-15-25-17-20-27(21-18-25)29-31-23-26(24-32-29)19-22-28(30)16-14-8-6-4-2/h17-18,20-21,23-24,28H,3-16,19,22H2,1-2H3. The maximum absolute atomic E-state index is 14.1. The Bertz CT molecular complexity index is 696. The Labute approximate surface area is 196 Å². The number of halogens is 1. The van der Waals surface area contributed by atoms with Crippen LogP contribution in [0.25, 0.3) is 11.4 Å². The fourth-order valence-electron chi connectivity index (χ4n) is 4.18. The van der Waals surface area contributed by atoms with Crippen LogP contribution in [0.3, 0.4) is 0 Å². The smallest absolute Gasteiger partial charge is 0.159 e. The molecule has 0 N–H and O–H groups in total. The van der Waals surface area contributed by atoms with Gasteiger partial charge in [0.1, 0.15) is 6.17 Å². The van der Waals surface area contributed by atoms with E-state index in [0.29, 0.717) is 19.3 Å². The third-order valence-corrected chi connectivity index (χ3v) is 6.35. The van der Waals surface area contributed by atoms with Gasteiger partial charge in [-0.3, -0.25) is 0 Å². The maximum atomic E-state index is 14.1. The minimum Gasteiger partial charge on any atom is -0.247 e. The molecule has 2 rings (SSSR count). The Balaban J connectivity index is 1.67. The first-order valence-corrected chi connectivity index (χ1v) is 13.3. The number of hydrogen-bond donors (Lipinski definition) is 0. The first kappa shape index (κ1) is 26.5. The quantitative estimate of drug-likeness (QED) is 0.216. The molecule has 0 bridgehead atoms. The minimum atomic E-state index is -0.708. The number of aromatic nitrogens is 2. The molecule has 0 saturated carbocycles. The second kappa shape index (κ2) is 16.8. The molecule has 32 heavy (non-hydrogen) atoms. The summed E-state index contributed by atoms with van der Waals surface area (Å²) < 4.78 is 14.1. The summed E-state index contributed by atoms with van der Waals surface area (Å²) in [6.45, 7) is 4.45. The first-order chi connectivity index (χ1) is 15.7. The minimum absolute atomic E-state index is 0.572. The highest BCUT2D eigenvalue weighted by Crippen LogP contribution is 2.19. The Kier molecular flexibility index (Phi) is 13.9. The lowest BCUT2D eigenvalue weighted by Crippen LogP contribution is -2.03. The Morgan fingerprint density at radius 1 is 0.625 bits per heavy atom. The lowest BCUT2D eigenvalue weighted by molar-refractivity contribution is 0.287. The second-order valence-corrected chi connectivity index (χ2v) is 9.32. The van der Waals surface area contributed by atoms with Gasteiger partial charge < -0.3 is 0 Å². The maximum Gasteiger partial charge on any atom is 0.159 e. The van der Waals surface area contributed by atoms with E-state index in [1.807, 2.05) is 12.4 Å². The van der Waals surface area contributed by atoms with E-state index in [1.54, 1.807) is 0 Å². The molecular weight excluding hydrogens is 395 g/mol. The van der Waals surface area contributed by atoms with Crippen LogP contribution >= 0.6 is 0 Å². The molecule has 1 aromatic heterocycles. The van der Waals surface area contributed by atoms with Gasteiger partial charge in [-0.2, -0.15) is 0 Å². The lowest BCUT2D eigenvalue weighted by atomic mass is 10.0. The van der Waals surface area contributed by atoms with E-state index in [2.05, 4.69) is 48.1 Å². The van der Waals surface area contributed by atoms with Crippen LogP contribution in [-0.2, 0) is 12.8 Å². The molecule has 1 atom stereocenters. The van der Waals surface area contributed by atoms with E-state index in [-0.39, 0.29) is 0 Å². The van der Waals surface area contributed by atoms with Crippen molar-refractivity contribution in [1.29, 1.82) is 0 Å². The average molecular weight is 441 g/mol. The molecule has 0 amide bonds. The van der Waals surface area contributed by atoms with Crippen molar-refractivity contribution < 1.29 is 4.39 Å². The highest BCUT2D eigenvalue weighted by atomic mass is 19.1. The van der Waals surface area contributed by atoms with Crippen LogP contribution in [0, 0.1) is 0 Å². The van der Waals surface area contributed by atoms with Crippen molar-refractivity contribution in [1.82, 2.24) is 9.97 Å². The summed E-state index contributed by atoms with van der Waals surface area (Å²) in [5, 5.41) is 0. The number of benzene rings is 1. The number of aryl methyl sites for hydroxylation is 2. The summed E-state index contributed by atoms with van der Waals surface area (Å²) in [6.07, 6.45) is 21.5. The highest BCUT2D eigenvalue weighted by molar-refractivity contribution is 5.55. The van der Waals surface area contributed by atoms with Crippen LogP contribution in [0.2, 0.25) is 0 Å². The molecule has 0 spiro atoms. The van der Waals surface area contributed by atoms with Crippen molar-refractivity contribution in [3.05, 3.63) is 47.8 Å². The third kappa shape index (κ3) is 11.2. The normalized spacial score (nSPS) is 12.2. The monoisotopic (exact) mass is 440 g/mol. The lowest BCUT2D eigenvalue weighted by Gasteiger charge is -2.08. The molecule has 2 nitrogen and oxygen atoms in total. The molecule has 0 radical (unpaired) electrons. The summed E-state index contributed by atoms with van der Waals surface area (Å²) in [5.74, 6) is 0.753. The molecule has 0 aliphatic heterocycles. The van der Waals surface area contributed by atoms with E-state index in [0.717, 1.165) is 36.2 Å². The summed E-state index contributed by atoms with van der Waals surface area (Å²) in [6, 6.07) is 8.67. The van der Waals surface area contributed by atoms with Crippen molar-refractivity contribution in [2.75, 3.05) is 0 Å².